The first-order valence-corrected chi connectivity index (χ1v) is 10.8. The first kappa shape index (κ1) is 24.5. The molecule has 0 aromatic heterocycles. The first-order chi connectivity index (χ1) is 15.7. The fourth-order valence-electron chi connectivity index (χ4n) is 3.59. The minimum absolute atomic E-state index is 0.0949. The Kier molecular flexibility index (Phi) is 7.26. The fraction of sp³-hybridized carbons (Fsp3) is 0.292. The zero-order valence-electron chi connectivity index (χ0n) is 17.4. The van der Waals surface area contributed by atoms with Crippen molar-refractivity contribution in [3.05, 3.63) is 77.7 Å². The normalized spacial score (nSPS) is 28.9. The molecule has 2 aliphatic carbocycles. The molecule has 0 heterocycles. The number of rotatable bonds is 6. The molecule has 1 aromatic rings. The van der Waals surface area contributed by atoms with E-state index in [9.17, 15) is 24.1 Å². The molecule has 1 aromatic carbocycles. The van der Waals surface area contributed by atoms with Gasteiger partial charge in [0.1, 0.15) is 17.9 Å². The van der Waals surface area contributed by atoms with Crippen LogP contribution in [0.5, 0.6) is 0 Å². The molecule has 3 rings (SSSR count). The lowest BCUT2D eigenvalue weighted by molar-refractivity contribution is -0.155. The predicted molar refractivity (Wildman–Crippen MR) is 117 cm³/mol. The summed E-state index contributed by atoms with van der Waals surface area (Å²) in [5, 5.41) is 19.4. The van der Waals surface area contributed by atoms with Gasteiger partial charge in [-0.3, -0.25) is 4.79 Å². The van der Waals surface area contributed by atoms with Crippen LogP contribution in [0.2, 0.25) is 0 Å². The van der Waals surface area contributed by atoms with Crippen molar-refractivity contribution in [2.24, 2.45) is 11.8 Å². The van der Waals surface area contributed by atoms with Gasteiger partial charge in [-0.2, -0.15) is 10.5 Å². The topological polar surface area (TPSA) is 83.1 Å². The minimum atomic E-state index is -2.87. The molecule has 0 saturated carbocycles. The zero-order valence-corrected chi connectivity index (χ0v) is 19.0. The summed E-state index contributed by atoms with van der Waals surface area (Å²) >= 11 is 3.36. The number of ether oxygens (including phenoxy) is 2. The van der Waals surface area contributed by atoms with Gasteiger partial charge in [0.05, 0.1) is 12.7 Å². The quantitative estimate of drug-likeness (QED) is 0.354. The second-order valence-electron chi connectivity index (χ2n) is 7.32. The third kappa shape index (κ3) is 4.27. The maximum absolute atomic E-state index is 15.1. The van der Waals surface area contributed by atoms with Gasteiger partial charge >= 0.3 is 5.97 Å². The number of benzene rings is 1. The van der Waals surface area contributed by atoms with E-state index in [4.69, 9.17) is 9.47 Å². The summed E-state index contributed by atoms with van der Waals surface area (Å²) in [5.74, 6) is -9.01. The Morgan fingerprint density at radius 3 is 2.52 bits per heavy atom. The molecule has 9 heteroatoms. The zero-order chi connectivity index (χ0) is 24.2. The van der Waals surface area contributed by atoms with Crippen molar-refractivity contribution in [2.45, 2.75) is 23.5 Å². The smallest absolute Gasteiger partial charge is 0.317 e. The third-order valence-corrected chi connectivity index (χ3v) is 6.30. The molecule has 0 N–H and O–H groups in total. The highest BCUT2D eigenvalue weighted by Gasteiger charge is 2.59. The van der Waals surface area contributed by atoms with Crippen LogP contribution in [0.1, 0.15) is 18.9 Å². The van der Waals surface area contributed by atoms with E-state index in [1.54, 1.807) is 49.4 Å². The second-order valence-corrected chi connectivity index (χ2v) is 8.50. The number of carbonyl (C=O) groups excluding carboxylic acids is 1. The number of carbonyl (C=O) groups is 1. The maximum atomic E-state index is 15.1. The highest BCUT2D eigenvalue weighted by atomic mass is 79.9. The van der Waals surface area contributed by atoms with Crippen LogP contribution < -0.4 is 0 Å². The van der Waals surface area contributed by atoms with Crippen LogP contribution in [0.25, 0.3) is 5.57 Å². The van der Waals surface area contributed by atoms with Crippen molar-refractivity contribution < 1.29 is 27.4 Å². The number of nitrogens with zero attached hydrogens (tertiary/aromatic N) is 2. The van der Waals surface area contributed by atoms with Gasteiger partial charge in [-0.05, 0) is 27.9 Å². The van der Waals surface area contributed by atoms with E-state index in [0.717, 1.165) is 0 Å². The largest absolute Gasteiger partial charge is 0.465 e. The summed E-state index contributed by atoms with van der Waals surface area (Å²) in [6.07, 6.45) is 5.25. The summed E-state index contributed by atoms with van der Waals surface area (Å²) < 4.78 is 52.7. The molecule has 0 radical (unpaired) electrons. The minimum Gasteiger partial charge on any atom is -0.465 e. The van der Waals surface area contributed by atoms with Crippen LogP contribution in [0.15, 0.2) is 72.1 Å². The number of halogens is 4. The van der Waals surface area contributed by atoms with Crippen molar-refractivity contribution in [2.75, 3.05) is 6.61 Å². The van der Waals surface area contributed by atoms with Crippen molar-refractivity contribution in [1.82, 2.24) is 0 Å². The number of allylic oxidation sites excluding steroid dienone is 4. The van der Waals surface area contributed by atoms with Crippen LogP contribution in [-0.2, 0) is 14.3 Å². The van der Waals surface area contributed by atoms with Crippen LogP contribution >= 0.6 is 15.9 Å². The molecule has 4 atom stereocenters. The lowest BCUT2D eigenvalue weighted by Gasteiger charge is -2.43. The monoisotopic (exact) mass is 518 g/mol. The highest BCUT2D eigenvalue weighted by molar-refractivity contribution is 9.10. The van der Waals surface area contributed by atoms with Gasteiger partial charge in [0.25, 0.3) is 0 Å². The maximum Gasteiger partial charge on any atom is 0.317 e. The summed E-state index contributed by atoms with van der Waals surface area (Å²) in [4.78, 5) is 12.9. The number of alkyl halides is 1. The number of hydrogen-bond donors (Lipinski definition) is 0. The Hall–Kier alpha value is -3.14. The van der Waals surface area contributed by atoms with Gasteiger partial charge in [0.15, 0.2) is 22.0 Å². The predicted octanol–water partition coefficient (Wildman–Crippen LogP) is 5.74. The third-order valence-electron chi connectivity index (χ3n) is 5.22. The Labute approximate surface area is 197 Å². The number of hydrogen-bond acceptors (Lipinski definition) is 5. The van der Waals surface area contributed by atoms with Gasteiger partial charge < -0.3 is 9.47 Å². The SMILES string of the molecule is CCCOC(=O)C1C=CC=C(c2ccccc2)C1(Br)OC1(C#N)C(F)=CC(F)=C(F)C1C#N. The molecule has 170 valence electrons. The van der Waals surface area contributed by atoms with E-state index in [-0.39, 0.29) is 12.7 Å². The average Bonchev–Trinajstić information content (AvgIpc) is 2.81. The number of esters is 1. The molecule has 2 aliphatic rings. The standard InChI is InChI=1S/C24H18BrF3N2O3/c1-2-11-32-22(31)17-10-6-9-16(15-7-4-3-5-8-15)24(17,25)33-23(14-30)18(13-29)21(28)19(26)12-20(23)27/h3-10,12,17-18H,2,11H2,1H3. The molecule has 0 spiro atoms. The highest BCUT2D eigenvalue weighted by Crippen LogP contribution is 2.53. The molecule has 0 aliphatic heterocycles. The van der Waals surface area contributed by atoms with Crippen LogP contribution in [-0.4, -0.2) is 22.7 Å². The molecule has 0 bridgehead atoms. The van der Waals surface area contributed by atoms with Gasteiger partial charge in [-0.25, -0.2) is 13.2 Å². The lowest BCUT2D eigenvalue weighted by Crippen LogP contribution is -2.52. The van der Waals surface area contributed by atoms with E-state index in [1.165, 1.54) is 18.2 Å². The molecule has 0 fully saturated rings. The lowest BCUT2D eigenvalue weighted by atomic mass is 9.80. The van der Waals surface area contributed by atoms with Crippen molar-refractivity contribution in [3.8, 4) is 12.1 Å². The van der Waals surface area contributed by atoms with Crippen molar-refractivity contribution in [3.63, 3.8) is 0 Å². The molecule has 4 unspecified atom stereocenters. The van der Waals surface area contributed by atoms with E-state index in [0.29, 0.717) is 17.6 Å². The Bertz CT molecular complexity index is 1150. The van der Waals surface area contributed by atoms with E-state index in [2.05, 4.69) is 15.9 Å². The molecular formula is C24H18BrF3N2O3. The number of nitriles is 2. The molecule has 0 amide bonds. The Morgan fingerprint density at radius 1 is 1.21 bits per heavy atom. The van der Waals surface area contributed by atoms with Crippen LogP contribution in [0, 0.1) is 34.5 Å². The summed E-state index contributed by atoms with van der Waals surface area (Å²) in [5.41, 5.74) is -2.05. The summed E-state index contributed by atoms with van der Waals surface area (Å²) in [6, 6.07) is 11.5. The van der Waals surface area contributed by atoms with Gasteiger partial charge in [0.2, 0.25) is 5.60 Å². The fourth-order valence-corrected chi connectivity index (χ4v) is 4.55. The van der Waals surface area contributed by atoms with Crippen molar-refractivity contribution >= 4 is 27.5 Å². The van der Waals surface area contributed by atoms with E-state index >= 15 is 4.39 Å². The molecule has 33 heavy (non-hydrogen) atoms. The Morgan fingerprint density at radius 2 is 1.91 bits per heavy atom. The second kappa shape index (κ2) is 9.78. The van der Waals surface area contributed by atoms with Gasteiger partial charge in [0, 0.05) is 11.6 Å². The average molecular weight is 519 g/mol. The Balaban J connectivity index is 2.19. The van der Waals surface area contributed by atoms with Gasteiger partial charge in [-0.15, -0.1) is 0 Å². The molecule has 5 nitrogen and oxygen atoms in total. The van der Waals surface area contributed by atoms with Crippen LogP contribution in [0.3, 0.4) is 0 Å². The van der Waals surface area contributed by atoms with Crippen LogP contribution in [0.4, 0.5) is 13.2 Å². The van der Waals surface area contributed by atoms with Gasteiger partial charge in [-0.1, -0.05) is 55.5 Å². The van der Waals surface area contributed by atoms with Crippen molar-refractivity contribution in [1.29, 1.82) is 10.5 Å². The molecular weight excluding hydrogens is 501 g/mol. The first-order valence-electron chi connectivity index (χ1n) is 9.99. The van der Waals surface area contributed by atoms with E-state index in [1.807, 2.05) is 0 Å². The summed E-state index contributed by atoms with van der Waals surface area (Å²) in [7, 11) is 0. The molecule has 0 saturated heterocycles. The van der Waals surface area contributed by atoms with E-state index < -0.39 is 45.4 Å². The summed E-state index contributed by atoms with van der Waals surface area (Å²) in [6.45, 7) is 1.89.